The first-order valence-electron chi connectivity index (χ1n) is 11.4. The van der Waals surface area contributed by atoms with Crippen molar-refractivity contribution in [3.63, 3.8) is 0 Å². The molecule has 1 amide bonds. The van der Waals surface area contributed by atoms with Gasteiger partial charge in [-0.05, 0) is 48.9 Å². The predicted octanol–water partition coefficient (Wildman–Crippen LogP) is 5.11. The molecule has 3 aromatic carbocycles. The Hall–Kier alpha value is -4.72. The quantitative estimate of drug-likeness (QED) is 0.351. The number of nitrogens with one attached hydrogen (secondary N) is 1. The zero-order chi connectivity index (χ0) is 25.1. The summed E-state index contributed by atoms with van der Waals surface area (Å²) in [7, 11) is 1.58. The van der Waals surface area contributed by atoms with E-state index in [2.05, 4.69) is 10.3 Å². The molecule has 0 aliphatic rings. The lowest BCUT2D eigenvalue weighted by atomic mass is 10.1. The summed E-state index contributed by atoms with van der Waals surface area (Å²) in [5, 5.41) is 7.61. The van der Waals surface area contributed by atoms with Crippen molar-refractivity contribution in [1.82, 2.24) is 24.6 Å². The molecular weight excluding hydrogens is 457 g/mol. The van der Waals surface area contributed by atoms with Crippen molar-refractivity contribution in [2.75, 3.05) is 7.11 Å². The molecule has 7 nitrogen and oxygen atoms in total. The van der Waals surface area contributed by atoms with Gasteiger partial charge in [0.05, 0.1) is 24.0 Å². The lowest BCUT2D eigenvalue weighted by Crippen LogP contribution is -2.23. The third-order valence-electron chi connectivity index (χ3n) is 5.89. The van der Waals surface area contributed by atoms with Gasteiger partial charge in [-0.15, -0.1) is 0 Å². The van der Waals surface area contributed by atoms with Crippen molar-refractivity contribution in [1.29, 1.82) is 0 Å². The summed E-state index contributed by atoms with van der Waals surface area (Å²) in [4.78, 5) is 17.5. The number of aryl methyl sites for hydroxylation is 1. The molecule has 2 heterocycles. The summed E-state index contributed by atoms with van der Waals surface area (Å²) in [6, 6.07) is 21.8. The van der Waals surface area contributed by atoms with Gasteiger partial charge < -0.3 is 14.6 Å². The van der Waals surface area contributed by atoms with Crippen LogP contribution in [-0.4, -0.2) is 32.3 Å². The number of carbonyl (C=O) groups is 1. The lowest BCUT2D eigenvalue weighted by Gasteiger charge is -2.10. The summed E-state index contributed by atoms with van der Waals surface area (Å²) < 4.78 is 23.7. The molecule has 8 heteroatoms. The fourth-order valence-electron chi connectivity index (χ4n) is 4.06. The Kier molecular flexibility index (Phi) is 6.32. The topological polar surface area (TPSA) is 74.0 Å². The Bertz CT molecular complexity index is 1520. The molecule has 0 saturated heterocycles. The van der Waals surface area contributed by atoms with Gasteiger partial charge in [-0.2, -0.15) is 5.10 Å². The first-order chi connectivity index (χ1) is 17.5. The summed E-state index contributed by atoms with van der Waals surface area (Å²) >= 11 is 0. The summed E-state index contributed by atoms with van der Waals surface area (Å²) in [6.45, 7) is 1.96. The predicted molar refractivity (Wildman–Crippen MR) is 135 cm³/mol. The Balaban J connectivity index is 1.43. The van der Waals surface area contributed by atoms with Crippen LogP contribution in [0.15, 0.2) is 91.4 Å². The zero-order valence-corrected chi connectivity index (χ0v) is 19.9. The largest absolute Gasteiger partial charge is 0.496 e. The highest BCUT2D eigenvalue weighted by molar-refractivity contribution is 6.00. The minimum Gasteiger partial charge on any atom is -0.496 e. The number of para-hydroxylation sites is 2. The van der Waals surface area contributed by atoms with Crippen LogP contribution in [0.25, 0.3) is 22.6 Å². The van der Waals surface area contributed by atoms with Gasteiger partial charge in [-0.1, -0.05) is 36.4 Å². The Morgan fingerprint density at radius 1 is 1.06 bits per heavy atom. The summed E-state index contributed by atoms with van der Waals surface area (Å²) in [6.07, 6.45) is 5.02. The van der Waals surface area contributed by atoms with Crippen molar-refractivity contribution in [2.45, 2.75) is 13.5 Å². The molecule has 180 valence electrons. The number of halogens is 1. The van der Waals surface area contributed by atoms with E-state index in [1.54, 1.807) is 47.1 Å². The first-order valence-corrected chi connectivity index (χ1v) is 11.4. The third kappa shape index (κ3) is 4.48. The van der Waals surface area contributed by atoms with Gasteiger partial charge in [-0.25, -0.2) is 14.1 Å². The van der Waals surface area contributed by atoms with Gasteiger partial charge in [-0.3, -0.25) is 4.79 Å². The van der Waals surface area contributed by atoms with E-state index in [4.69, 9.17) is 9.84 Å². The second kappa shape index (κ2) is 9.87. The van der Waals surface area contributed by atoms with Crippen molar-refractivity contribution in [3.05, 3.63) is 114 Å². The molecule has 0 radical (unpaired) electrons. The lowest BCUT2D eigenvalue weighted by molar-refractivity contribution is 0.0951. The molecular formula is C28H24FN5O2. The molecule has 0 unspecified atom stereocenters. The number of amides is 1. The van der Waals surface area contributed by atoms with Crippen LogP contribution >= 0.6 is 0 Å². The molecule has 0 aliphatic carbocycles. The van der Waals surface area contributed by atoms with E-state index < -0.39 is 5.82 Å². The Morgan fingerprint density at radius 2 is 1.83 bits per heavy atom. The van der Waals surface area contributed by atoms with Crippen LogP contribution in [0.1, 0.15) is 21.7 Å². The smallest absolute Gasteiger partial charge is 0.255 e. The van der Waals surface area contributed by atoms with Crippen LogP contribution in [0.3, 0.4) is 0 Å². The number of hydrogen-bond donors (Lipinski definition) is 1. The maximum Gasteiger partial charge on any atom is 0.255 e. The average Bonchev–Trinajstić information content (AvgIpc) is 3.54. The second-order valence-electron chi connectivity index (χ2n) is 8.18. The minimum atomic E-state index is -0.394. The Labute approximate surface area is 207 Å². The molecule has 0 fully saturated rings. The summed E-state index contributed by atoms with van der Waals surface area (Å²) in [5.74, 6) is 0.578. The van der Waals surface area contributed by atoms with Crippen molar-refractivity contribution >= 4 is 5.91 Å². The molecule has 0 spiro atoms. The van der Waals surface area contributed by atoms with E-state index in [9.17, 15) is 9.18 Å². The number of benzene rings is 3. The molecule has 0 aliphatic heterocycles. The van der Waals surface area contributed by atoms with Gasteiger partial charge in [0.15, 0.2) is 0 Å². The van der Waals surface area contributed by atoms with Gasteiger partial charge >= 0.3 is 0 Å². The van der Waals surface area contributed by atoms with E-state index in [-0.39, 0.29) is 12.5 Å². The number of hydrogen-bond acceptors (Lipinski definition) is 4. The number of carbonyl (C=O) groups excluding carboxylic acids is 1. The zero-order valence-electron chi connectivity index (χ0n) is 19.9. The number of aromatic nitrogens is 4. The first kappa shape index (κ1) is 23.0. The van der Waals surface area contributed by atoms with Gasteiger partial charge in [0.25, 0.3) is 5.91 Å². The number of imidazole rings is 1. The van der Waals surface area contributed by atoms with Crippen LogP contribution in [0, 0.1) is 12.7 Å². The molecule has 36 heavy (non-hydrogen) atoms. The van der Waals surface area contributed by atoms with Crippen molar-refractivity contribution in [2.24, 2.45) is 0 Å². The second-order valence-corrected chi connectivity index (χ2v) is 8.18. The van der Waals surface area contributed by atoms with E-state index in [1.807, 2.05) is 61.5 Å². The van der Waals surface area contributed by atoms with Crippen molar-refractivity contribution < 1.29 is 13.9 Å². The van der Waals surface area contributed by atoms with E-state index in [0.29, 0.717) is 39.6 Å². The van der Waals surface area contributed by atoms with Crippen LogP contribution in [-0.2, 0) is 6.54 Å². The maximum atomic E-state index is 14.8. The van der Waals surface area contributed by atoms with Gasteiger partial charge in [0.2, 0.25) is 0 Å². The highest BCUT2D eigenvalue weighted by Crippen LogP contribution is 2.31. The SMILES string of the molecule is COc1ccccc1-c1nn(-c2ccccc2)cc1C(=O)NCc1ccc(-n2ccnc2C)c(F)c1. The van der Waals surface area contributed by atoms with Crippen LogP contribution in [0.5, 0.6) is 5.75 Å². The maximum absolute atomic E-state index is 14.8. The van der Waals surface area contributed by atoms with Gasteiger partial charge in [0, 0.05) is 30.7 Å². The van der Waals surface area contributed by atoms with Crippen LogP contribution in [0.2, 0.25) is 0 Å². The number of methoxy groups -OCH3 is 1. The monoisotopic (exact) mass is 481 g/mol. The highest BCUT2D eigenvalue weighted by atomic mass is 19.1. The number of ether oxygens (including phenoxy) is 1. The van der Waals surface area contributed by atoms with E-state index >= 15 is 0 Å². The van der Waals surface area contributed by atoms with E-state index in [1.165, 1.54) is 6.07 Å². The fraction of sp³-hybridized carbons (Fsp3) is 0.107. The molecule has 5 rings (SSSR count). The fourth-order valence-corrected chi connectivity index (χ4v) is 4.06. The van der Waals surface area contributed by atoms with E-state index in [0.717, 1.165) is 5.69 Å². The molecule has 0 saturated carbocycles. The van der Waals surface area contributed by atoms with Crippen LogP contribution in [0.4, 0.5) is 4.39 Å². The minimum absolute atomic E-state index is 0.154. The number of rotatable bonds is 7. The standard InChI is InChI=1S/C28H24FN5O2/c1-19-30-14-15-33(19)25-13-12-20(16-24(25)29)17-31-28(35)23-18-34(21-8-4-3-5-9-21)32-27(23)22-10-6-7-11-26(22)36-2/h3-16,18H,17H2,1-2H3,(H,31,35). The highest BCUT2D eigenvalue weighted by Gasteiger charge is 2.21. The molecule has 0 atom stereocenters. The summed E-state index contributed by atoms with van der Waals surface area (Å²) in [5.41, 5.74) is 3.44. The van der Waals surface area contributed by atoms with Crippen molar-refractivity contribution in [3.8, 4) is 28.4 Å². The molecule has 2 aromatic heterocycles. The van der Waals surface area contributed by atoms with Crippen LogP contribution < -0.4 is 10.1 Å². The normalized spacial score (nSPS) is 10.9. The van der Waals surface area contributed by atoms with Gasteiger partial charge in [0.1, 0.15) is 23.1 Å². The third-order valence-corrected chi connectivity index (χ3v) is 5.89. The molecule has 1 N–H and O–H groups in total. The molecule has 0 bridgehead atoms. The molecule has 5 aromatic rings. The Morgan fingerprint density at radius 3 is 2.56 bits per heavy atom. The average molecular weight is 482 g/mol. The number of nitrogens with zero attached hydrogens (tertiary/aromatic N) is 4.